The summed E-state index contributed by atoms with van der Waals surface area (Å²) < 4.78 is 32.7. The van der Waals surface area contributed by atoms with Gasteiger partial charge in [-0.05, 0) is 38.5 Å². The van der Waals surface area contributed by atoms with E-state index in [2.05, 4.69) is 26.0 Å². The Hall–Kier alpha value is -1.29. The van der Waals surface area contributed by atoms with E-state index < -0.39 is 51.8 Å². The summed E-state index contributed by atoms with van der Waals surface area (Å²) in [6.45, 7) is 2.39. The molecule has 0 aliphatic carbocycles. The van der Waals surface area contributed by atoms with Crippen LogP contribution in [-0.4, -0.2) is 65.7 Å². The molecular weight excluding hydrogens is 731 g/mol. The number of hydrogen-bond acceptors (Lipinski definition) is 9. The molecule has 0 saturated carbocycles. The number of ether oxygens (including phenoxy) is 2. The molecule has 56 heavy (non-hydrogen) atoms. The van der Waals surface area contributed by atoms with Crippen LogP contribution in [0.5, 0.6) is 0 Å². The van der Waals surface area contributed by atoms with Crippen molar-refractivity contribution in [3.05, 3.63) is 12.2 Å². The Morgan fingerprint density at radius 2 is 0.875 bits per heavy atom. The number of hydrogen-bond donors (Lipinski definition) is 3. The molecule has 0 aliphatic rings. The molecule has 0 aromatic rings. The van der Waals surface area contributed by atoms with Gasteiger partial charge in [-0.15, -0.1) is 0 Å². The van der Waals surface area contributed by atoms with Gasteiger partial charge in [0.25, 0.3) is 0 Å². The Kier molecular flexibility index (Phi) is 40.9. The first-order valence-electron chi connectivity index (χ1n) is 23.1. The van der Waals surface area contributed by atoms with Crippen LogP contribution < -0.4 is 0 Å². The van der Waals surface area contributed by atoms with Crippen LogP contribution in [0.15, 0.2) is 12.2 Å². The van der Waals surface area contributed by atoms with Crippen LogP contribution in [0.25, 0.3) is 0 Å². The van der Waals surface area contributed by atoms with E-state index in [1.807, 2.05) is 0 Å². The fourth-order valence-corrected chi connectivity index (χ4v) is 7.37. The smallest absolute Gasteiger partial charge is 0.462 e. The zero-order valence-electron chi connectivity index (χ0n) is 36.1. The summed E-state index contributed by atoms with van der Waals surface area (Å²) in [5, 5.41) is 18.3. The van der Waals surface area contributed by atoms with Gasteiger partial charge in [-0.1, -0.05) is 187 Å². The van der Waals surface area contributed by atoms with E-state index in [0.29, 0.717) is 12.8 Å². The summed E-state index contributed by atoms with van der Waals surface area (Å²) in [5.74, 6) is -0.923. The summed E-state index contributed by atoms with van der Waals surface area (Å²) in [6.07, 6.45) is 40.4. The van der Waals surface area contributed by atoms with E-state index >= 15 is 0 Å². The van der Waals surface area contributed by atoms with E-state index in [4.69, 9.17) is 23.6 Å². The normalized spacial score (nSPS) is 13.9. The largest absolute Gasteiger partial charge is 0.472 e. The second kappa shape index (κ2) is 41.9. The summed E-state index contributed by atoms with van der Waals surface area (Å²) in [6, 6.07) is 0. The fraction of sp³-hybridized carbons (Fsp3) is 0.911. The number of unbranched alkanes of at least 4 members (excludes halogenated alkanes) is 28. The number of aliphatic hydroxyl groups excluding tert-OH is 2. The van der Waals surface area contributed by atoms with Gasteiger partial charge < -0.3 is 24.6 Å². The van der Waals surface area contributed by atoms with Gasteiger partial charge >= 0.3 is 19.8 Å². The van der Waals surface area contributed by atoms with Crippen LogP contribution in [0.1, 0.15) is 226 Å². The third-order valence-electron chi connectivity index (χ3n) is 10.2. The molecule has 0 aromatic heterocycles. The lowest BCUT2D eigenvalue weighted by Gasteiger charge is -2.20. The van der Waals surface area contributed by atoms with Gasteiger partial charge in [0.05, 0.1) is 19.8 Å². The topological polar surface area (TPSA) is 149 Å². The Bertz CT molecular complexity index is 946. The molecule has 332 valence electrons. The van der Waals surface area contributed by atoms with Crippen molar-refractivity contribution in [1.29, 1.82) is 0 Å². The third kappa shape index (κ3) is 40.9. The van der Waals surface area contributed by atoms with Crippen molar-refractivity contribution < 1.29 is 47.8 Å². The first-order valence-corrected chi connectivity index (χ1v) is 24.6. The summed E-state index contributed by atoms with van der Waals surface area (Å²) in [7, 11) is -4.61. The lowest BCUT2D eigenvalue weighted by Crippen LogP contribution is -2.29. The quantitative estimate of drug-likeness (QED) is 0.0235. The standard InChI is InChI=1S/C45H87O10P/c1-3-5-7-9-11-13-15-17-18-19-20-21-22-23-25-27-29-31-33-35-37-45(49)55-43(41-54-56(50,51)53-39-42(47)38-46)40-52-44(48)36-34-32-30-28-26-24-16-14-12-10-8-6-4-2/h14,16,42-43,46-47H,3-13,15,17-41H2,1-2H3,(H,50,51)/b16-14+/t42-,43+/m0/s1. The SMILES string of the molecule is CCCCCC/C=C/CCCCCCCC(=O)OC[C@H](COP(=O)(O)OC[C@@H](O)CO)OC(=O)CCCCCCCCCCCCCCCCCCCCCC. The number of rotatable bonds is 44. The number of allylic oxidation sites excluding steroid dienone is 2. The molecule has 0 spiro atoms. The maximum atomic E-state index is 12.6. The van der Waals surface area contributed by atoms with E-state index in [9.17, 15) is 24.2 Å². The van der Waals surface area contributed by atoms with Crippen LogP contribution in [0.2, 0.25) is 0 Å². The molecule has 0 aromatic carbocycles. The first-order chi connectivity index (χ1) is 27.2. The van der Waals surface area contributed by atoms with Crippen molar-refractivity contribution in [3.8, 4) is 0 Å². The van der Waals surface area contributed by atoms with Crippen molar-refractivity contribution in [2.75, 3.05) is 26.4 Å². The molecule has 0 fully saturated rings. The maximum Gasteiger partial charge on any atom is 0.472 e. The molecule has 3 N–H and O–H groups in total. The maximum absolute atomic E-state index is 12.6. The highest BCUT2D eigenvalue weighted by Gasteiger charge is 2.27. The van der Waals surface area contributed by atoms with E-state index in [0.717, 1.165) is 57.8 Å². The monoisotopic (exact) mass is 819 g/mol. The second-order valence-electron chi connectivity index (χ2n) is 15.8. The van der Waals surface area contributed by atoms with E-state index in [-0.39, 0.29) is 19.4 Å². The molecule has 10 nitrogen and oxygen atoms in total. The Labute approximate surface area is 343 Å². The highest BCUT2D eigenvalue weighted by Crippen LogP contribution is 2.43. The summed E-state index contributed by atoms with van der Waals surface area (Å²) in [4.78, 5) is 35.0. The second-order valence-corrected chi connectivity index (χ2v) is 17.2. The van der Waals surface area contributed by atoms with Gasteiger partial charge in [-0.25, -0.2) is 4.57 Å². The van der Waals surface area contributed by atoms with Crippen molar-refractivity contribution in [1.82, 2.24) is 0 Å². The van der Waals surface area contributed by atoms with Gasteiger partial charge in [-0.2, -0.15) is 0 Å². The van der Waals surface area contributed by atoms with Crippen LogP contribution in [0.4, 0.5) is 0 Å². The van der Waals surface area contributed by atoms with Gasteiger partial charge in [-0.3, -0.25) is 18.6 Å². The van der Waals surface area contributed by atoms with Crippen molar-refractivity contribution in [3.63, 3.8) is 0 Å². The lowest BCUT2D eigenvalue weighted by atomic mass is 10.0. The predicted molar refractivity (Wildman–Crippen MR) is 229 cm³/mol. The fourth-order valence-electron chi connectivity index (χ4n) is 6.58. The molecule has 0 aliphatic heterocycles. The number of aliphatic hydroxyl groups is 2. The number of carbonyl (C=O) groups excluding carboxylic acids is 2. The summed E-state index contributed by atoms with van der Waals surface area (Å²) in [5.41, 5.74) is 0. The number of phosphoric acid groups is 1. The molecule has 0 bridgehead atoms. The minimum absolute atomic E-state index is 0.189. The van der Waals surface area contributed by atoms with Crippen molar-refractivity contribution in [2.24, 2.45) is 0 Å². The minimum atomic E-state index is -4.61. The molecule has 3 atom stereocenters. The molecule has 11 heteroatoms. The predicted octanol–water partition coefficient (Wildman–Crippen LogP) is 12.4. The highest BCUT2D eigenvalue weighted by molar-refractivity contribution is 7.47. The van der Waals surface area contributed by atoms with Gasteiger partial charge in [0, 0.05) is 12.8 Å². The Morgan fingerprint density at radius 3 is 1.30 bits per heavy atom. The third-order valence-corrected chi connectivity index (χ3v) is 11.1. The Morgan fingerprint density at radius 1 is 0.518 bits per heavy atom. The average molecular weight is 819 g/mol. The minimum Gasteiger partial charge on any atom is -0.462 e. The zero-order valence-corrected chi connectivity index (χ0v) is 37.0. The van der Waals surface area contributed by atoms with E-state index in [1.165, 1.54) is 128 Å². The molecule has 1 unspecified atom stereocenters. The molecule has 0 radical (unpaired) electrons. The molecule has 0 amide bonds. The lowest BCUT2D eigenvalue weighted by molar-refractivity contribution is -0.161. The van der Waals surface area contributed by atoms with Crippen LogP contribution in [-0.2, 0) is 32.7 Å². The molecule has 0 rings (SSSR count). The highest BCUT2D eigenvalue weighted by atomic mass is 31.2. The number of carbonyl (C=O) groups is 2. The van der Waals surface area contributed by atoms with Gasteiger partial charge in [0.1, 0.15) is 12.7 Å². The van der Waals surface area contributed by atoms with Gasteiger partial charge in [0.2, 0.25) is 0 Å². The zero-order chi connectivity index (χ0) is 41.2. The average Bonchev–Trinajstić information content (AvgIpc) is 3.19. The number of phosphoric ester groups is 1. The van der Waals surface area contributed by atoms with Crippen LogP contribution >= 0.6 is 7.82 Å². The van der Waals surface area contributed by atoms with Crippen molar-refractivity contribution >= 4 is 19.8 Å². The van der Waals surface area contributed by atoms with Crippen molar-refractivity contribution in [2.45, 2.75) is 238 Å². The molecule has 0 saturated heterocycles. The van der Waals surface area contributed by atoms with Crippen LogP contribution in [0, 0.1) is 0 Å². The first kappa shape index (κ1) is 54.7. The van der Waals surface area contributed by atoms with E-state index in [1.54, 1.807) is 0 Å². The molecule has 0 heterocycles. The summed E-state index contributed by atoms with van der Waals surface area (Å²) >= 11 is 0. The Balaban J connectivity index is 4.19. The number of esters is 2. The molecular formula is C45H87O10P. The van der Waals surface area contributed by atoms with Gasteiger partial charge in [0.15, 0.2) is 6.10 Å². The van der Waals surface area contributed by atoms with Crippen LogP contribution in [0.3, 0.4) is 0 Å².